The number of amides is 2. The van der Waals surface area contributed by atoms with Crippen LogP contribution in [-0.2, 0) is 9.47 Å². The van der Waals surface area contributed by atoms with Crippen molar-refractivity contribution in [1.29, 1.82) is 0 Å². The summed E-state index contributed by atoms with van der Waals surface area (Å²) in [5.74, 6) is 0.244. The normalized spacial score (nSPS) is 17.2. The second-order valence-electron chi connectivity index (χ2n) is 8.83. The van der Waals surface area contributed by atoms with Crippen LogP contribution in [0.15, 0.2) is 42.5 Å². The zero-order chi connectivity index (χ0) is 25.9. The highest BCUT2D eigenvalue weighted by molar-refractivity contribution is 6.31. The molecule has 0 saturated carbocycles. The largest absolute Gasteiger partial charge is 0.465 e. The molecule has 1 fully saturated rings. The second kappa shape index (κ2) is 14.4. The van der Waals surface area contributed by atoms with Crippen molar-refractivity contribution in [2.24, 2.45) is 5.92 Å². The molecule has 36 heavy (non-hydrogen) atoms. The minimum Gasteiger partial charge on any atom is -0.465 e. The van der Waals surface area contributed by atoms with Crippen molar-refractivity contribution in [2.75, 3.05) is 40.0 Å². The minimum absolute atomic E-state index is 0.109. The van der Waals surface area contributed by atoms with Crippen LogP contribution < -0.4 is 16.0 Å². The molecule has 1 aliphatic rings. The molecule has 0 bridgehead atoms. The quantitative estimate of drug-likeness (QED) is 0.297. The number of ether oxygens (including phenoxy) is 2. The summed E-state index contributed by atoms with van der Waals surface area (Å²) in [5.41, 5.74) is 1.83. The number of carbonyl (C=O) groups is 2. The lowest BCUT2D eigenvalue weighted by atomic mass is 9.94. The number of nitrogens with one attached hydrogen (secondary N) is 3. The lowest BCUT2D eigenvalue weighted by Gasteiger charge is -2.26. The summed E-state index contributed by atoms with van der Waals surface area (Å²) in [5, 5.41) is 18.3. The Morgan fingerprint density at radius 1 is 1.14 bits per heavy atom. The number of benzene rings is 2. The van der Waals surface area contributed by atoms with Gasteiger partial charge >= 0.3 is 6.09 Å². The Kier molecular flexibility index (Phi) is 11.3. The first kappa shape index (κ1) is 28.2. The Balaban J connectivity index is 1.72. The van der Waals surface area contributed by atoms with Crippen LogP contribution in [-0.4, -0.2) is 63.1 Å². The number of carbonyl (C=O) groups excluding carboxylic acids is 1. The van der Waals surface area contributed by atoms with Gasteiger partial charge in [0.25, 0.3) is 5.91 Å². The topological polar surface area (TPSA) is 109 Å². The lowest BCUT2D eigenvalue weighted by molar-refractivity contribution is 0.0478. The van der Waals surface area contributed by atoms with Crippen LogP contribution in [0.4, 0.5) is 4.79 Å². The lowest BCUT2D eigenvalue weighted by Crippen LogP contribution is -2.41. The van der Waals surface area contributed by atoms with Crippen LogP contribution in [0.25, 0.3) is 0 Å². The monoisotopic (exact) mass is 537 g/mol. The third kappa shape index (κ3) is 8.94. The van der Waals surface area contributed by atoms with Crippen LogP contribution in [0.2, 0.25) is 10.0 Å². The molecule has 4 N–H and O–H groups in total. The SMILES string of the molecule is CN[C@H](CNC(=O)c1cc(Cl)cc(C(OCCNC(=O)O)c2cccc(Cl)c2)c1)C[C@H]1CCCOC1. The molecule has 1 unspecified atom stereocenters. The summed E-state index contributed by atoms with van der Waals surface area (Å²) < 4.78 is 11.6. The van der Waals surface area contributed by atoms with E-state index in [1.807, 2.05) is 13.1 Å². The maximum atomic E-state index is 13.1. The van der Waals surface area contributed by atoms with Gasteiger partial charge in [0.05, 0.1) is 6.61 Å². The molecule has 2 aromatic carbocycles. The van der Waals surface area contributed by atoms with Crippen molar-refractivity contribution in [3.05, 3.63) is 69.2 Å². The predicted octanol–water partition coefficient (Wildman–Crippen LogP) is 4.50. The molecule has 1 aliphatic heterocycles. The van der Waals surface area contributed by atoms with E-state index in [0.717, 1.165) is 38.0 Å². The third-order valence-corrected chi connectivity index (χ3v) is 6.54. The number of likely N-dealkylation sites (N-methyl/N-ethyl adjacent to an activating group) is 1. The zero-order valence-electron chi connectivity index (χ0n) is 20.3. The van der Waals surface area contributed by atoms with Crippen LogP contribution >= 0.6 is 23.2 Å². The molecule has 1 saturated heterocycles. The minimum atomic E-state index is -1.13. The van der Waals surface area contributed by atoms with Crippen molar-refractivity contribution < 1.29 is 24.2 Å². The molecule has 2 amide bonds. The highest BCUT2D eigenvalue weighted by Gasteiger charge is 2.21. The Hall–Kier alpha value is -2.36. The molecule has 0 aromatic heterocycles. The number of carboxylic acid groups (broad SMARTS) is 1. The van der Waals surface area contributed by atoms with E-state index in [-0.39, 0.29) is 25.1 Å². The first-order valence-corrected chi connectivity index (χ1v) is 12.8. The average Bonchev–Trinajstić information content (AvgIpc) is 2.86. The highest BCUT2D eigenvalue weighted by atomic mass is 35.5. The van der Waals surface area contributed by atoms with E-state index in [0.29, 0.717) is 33.6 Å². The molecule has 8 nitrogen and oxygen atoms in total. The molecule has 10 heteroatoms. The van der Waals surface area contributed by atoms with Gasteiger partial charge in [0, 0.05) is 48.0 Å². The number of hydrogen-bond donors (Lipinski definition) is 4. The summed E-state index contributed by atoms with van der Waals surface area (Å²) >= 11 is 12.6. The van der Waals surface area contributed by atoms with Gasteiger partial charge < -0.3 is 30.5 Å². The smallest absolute Gasteiger partial charge is 0.404 e. The molecule has 196 valence electrons. The van der Waals surface area contributed by atoms with Crippen LogP contribution in [0.3, 0.4) is 0 Å². The summed E-state index contributed by atoms with van der Waals surface area (Å²) in [4.78, 5) is 23.8. The highest BCUT2D eigenvalue weighted by Crippen LogP contribution is 2.30. The molecule has 1 heterocycles. The van der Waals surface area contributed by atoms with Crippen LogP contribution in [0.5, 0.6) is 0 Å². The van der Waals surface area contributed by atoms with Gasteiger partial charge in [0.15, 0.2) is 0 Å². The van der Waals surface area contributed by atoms with Gasteiger partial charge in [-0.05, 0) is 73.7 Å². The molecule has 2 aromatic rings. The molecule has 3 atom stereocenters. The predicted molar refractivity (Wildman–Crippen MR) is 140 cm³/mol. The van der Waals surface area contributed by atoms with Crippen molar-refractivity contribution >= 4 is 35.2 Å². The van der Waals surface area contributed by atoms with E-state index >= 15 is 0 Å². The Morgan fingerprint density at radius 2 is 1.94 bits per heavy atom. The molecule has 0 aliphatic carbocycles. The van der Waals surface area contributed by atoms with E-state index in [4.69, 9.17) is 37.8 Å². The van der Waals surface area contributed by atoms with E-state index in [9.17, 15) is 9.59 Å². The summed E-state index contributed by atoms with van der Waals surface area (Å²) in [6.45, 7) is 2.29. The van der Waals surface area contributed by atoms with Gasteiger partial charge in [-0.1, -0.05) is 35.3 Å². The van der Waals surface area contributed by atoms with E-state index in [1.165, 1.54) is 0 Å². The van der Waals surface area contributed by atoms with E-state index < -0.39 is 12.2 Å². The van der Waals surface area contributed by atoms with Crippen molar-refractivity contribution in [3.63, 3.8) is 0 Å². The van der Waals surface area contributed by atoms with Gasteiger partial charge in [-0.3, -0.25) is 4.79 Å². The fourth-order valence-corrected chi connectivity index (χ4v) is 4.74. The van der Waals surface area contributed by atoms with Gasteiger partial charge in [-0.25, -0.2) is 4.79 Å². The Morgan fingerprint density at radius 3 is 2.64 bits per heavy atom. The Bertz CT molecular complexity index is 1020. The maximum absolute atomic E-state index is 13.1. The molecular formula is C26H33Cl2N3O5. The summed E-state index contributed by atoms with van der Waals surface area (Å²) in [6.07, 6.45) is 1.40. The van der Waals surface area contributed by atoms with Crippen LogP contribution in [0, 0.1) is 5.92 Å². The van der Waals surface area contributed by atoms with Gasteiger partial charge in [0.1, 0.15) is 6.10 Å². The van der Waals surface area contributed by atoms with Crippen molar-refractivity contribution in [1.82, 2.24) is 16.0 Å². The van der Waals surface area contributed by atoms with Gasteiger partial charge in [0.2, 0.25) is 0 Å². The standard InChI is InChI=1S/C26H33Cl2N3O5/c1-29-23(10-17-4-3-8-35-16-17)15-31-25(32)20-11-19(13-22(28)14-20)24(36-9-7-30-26(33)34)18-5-2-6-21(27)12-18/h2,5-6,11-14,17,23-24,29-30H,3-4,7-10,15-16H2,1H3,(H,31,32)(H,33,34)/t17-,23+,24?/m1/s1. The van der Waals surface area contributed by atoms with Crippen LogP contribution in [0.1, 0.15) is 46.9 Å². The molecule has 0 spiro atoms. The average molecular weight is 538 g/mol. The Labute approximate surface area is 221 Å². The maximum Gasteiger partial charge on any atom is 0.404 e. The molecule has 0 radical (unpaired) electrons. The van der Waals surface area contributed by atoms with E-state index in [1.54, 1.807) is 36.4 Å². The number of hydrogen-bond acceptors (Lipinski definition) is 5. The fraction of sp³-hybridized carbons (Fsp3) is 0.462. The summed E-state index contributed by atoms with van der Waals surface area (Å²) in [6, 6.07) is 12.4. The summed E-state index contributed by atoms with van der Waals surface area (Å²) in [7, 11) is 1.89. The van der Waals surface area contributed by atoms with Crippen molar-refractivity contribution in [3.8, 4) is 0 Å². The van der Waals surface area contributed by atoms with E-state index in [2.05, 4.69) is 16.0 Å². The number of rotatable bonds is 12. The molecular weight excluding hydrogens is 505 g/mol. The third-order valence-electron chi connectivity index (χ3n) is 6.09. The van der Waals surface area contributed by atoms with Gasteiger partial charge in [-0.15, -0.1) is 0 Å². The second-order valence-corrected chi connectivity index (χ2v) is 9.70. The van der Waals surface area contributed by atoms with Gasteiger partial charge in [-0.2, -0.15) is 0 Å². The first-order chi connectivity index (χ1) is 17.4. The van der Waals surface area contributed by atoms with Crippen molar-refractivity contribution in [2.45, 2.75) is 31.4 Å². The molecule has 3 rings (SSSR count). The number of halogens is 2. The first-order valence-electron chi connectivity index (χ1n) is 12.0. The zero-order valence-corrected chi connectivity index (χ0v) is 21.8. The fourth-order valence-electron chi connectivity index (χ4n) is 4.30.